The lowest BCUT2D eigenvalue weighted by Gasteiger charge is -2.36. The van der Waals surface area contributed by atoms with Gasteiger partial charge in [-0.1, -0.05) is 60.7 Å². The molecule has 3 nitrogen and oxygen atoms in total. The molecular formula is C26H29N3. The number of nitrogens with zero attached hydrogens (tertiary/aromatic N) is 3. The van der Waals surface area contributed by atoms with Gasteiger partial charge in [0.25, 0.3) is 0 Å². The molecule has 1 aromatic heterocycles. The third kappa shape index (κ3) is 4.06. The number of aromatic nitrogens is 1. The number of rotatable bonds is 4. The van der Waals surface area contributed by atoms with E-state index in [1.54, 1.807) is 0 Å². The van der Waals surface area contributed by atoms with Crippen LogP contribution in [0.3, 0.4) is 0 Å². The van der Waals surface area contributed by atoms with E-state index < -0.39 is 0 Å². The van der Waals surface area contributed by atoms with Gasteiger partial charge in [-0.05, 0) is 54.0 Å². The summed E-state index contributed by atoms with van der Waals surface area (Å²) in [5.74, 6) is 1.17. The number of benzene rings is 2. The molecule has 0 bridgehead atoms. The normalized spacial score (nSPS) is 17.2. The highest BCUT2D eigenvalue weighted by atomic mass is 15.3. The first-order valence-electron chi connectivity index (χ1n) is 11.0. The molecule has 0 amide bonds. The van der Waals surface area contributed by atoms with Crippen molar-refractivity contribution in [3.05, 3.63) is 83.6 Å². The number of aryl methyl sites for hydroxylation is 1. The van der Waals surface area contributed by atoms with Crippen molar-refractivity contribution < 1.29 is 0 Å². The molecule has 0 spiro atoms. The molecule has 1 fully saturated rings. The first-order valence-corrected chi connectivity index (χ1v) is 11.0. The smallest absolute Gasteiger partial charge is 0.129 e. The van der Waals surface area contributed by atoms with E-state index in [-0.39, 0.29) is 0 Å². The van der Waals surface area contributed by atoms with Crippen molar-refractivity contribution in [2.75, 3.05) is 31.1 Å². The monoisotopic (exact) mass is 383 g/mol. The zero-order valence-corrected chi connectivity index (χ0v) is 17.1. The Morgan fingerprint density at radius 3 is 2.21 bits per heavy atom. The highest BCUT2D eigenvalue weighted by molar-refractivity contribution is 5.72. The number of pyridine rings is 1. The summed E-state index contributed by atoms with van der Waals surface area (Å²) in [4.78, 5) is 10.2. The third-order valence-electron chi connectivity index (χ3n) is 6.32. The van der Waals surface area contributed by atoms with Gasteiger partial charge in [-0.15, -0.1) is 0 Å². The summed E-state index contributed by atoms with van der Waals surface area (Å²) in [5, 5.41) is 0. The van der Waals surface area contributed by atoms with E-state index in [0.717, 1.165) is 45.6 Å². The molecule has 1 saturated heterocycles. The molecule has 1 aliphatic heterocycles. The second-order valence-electron chi connectivity index (χ2n) is 8.28. The largest absolute Gasteiger partial charge is 0.354 e. The van der Waals surface area contributed by atoms with Gasteiger partial charge in [-0.3, -0.25) is 4.90 Å². The predicted molar refractivity (Wildman–Crippen MR) is 120 cm³/mol. The van der Waals surface area contributed by atoms with Gasteiger partial charge in [0.1, 0.15) is 5.82 Å². The Morgan fingerprint density at radius 2 is 1.45 bits per heavy atom. The quantitative estimate of drug-likeness (QED) is 0.635. The van der Waals surface area contributed by atoms with Gasteiger partial charge in [0.2, 0.25) is 0 Å². The first kappa shape index (κ1) is 18.4. The van der Waals surface area contributed by atoms with Crippen LogP contribution >= 0.6 is 0 Å². The minimum atomic E-state index is 1.04. The molecule has 3 aromatic rings. The predicted octanol–water partition coefficient (Wildman–Crippen LogP) is 4.95. The molecule has 0 radical (unpaired) electrons. The zero-order valence-electron chi connectivity index (χ0n) is 17.1. The average Bonchev–Trinajstić information content (AvgIpc) is 2.80. The van der Waals surface area contributed by atoms with Crippen molar-refractivity contribution in [3.63, 3.8) is 0 Å². The van der Waals surface area contributed by atoms with Crippen molar-refractivity contribution in [2.24, 2.45) is 0 Å². The minimum absolute atomic E-state index is 1.04. The molecule has 3 heteroatoms. The fraction of sp³-hybridized carbons (Fsp3) is 0.346. The van der Waals surface area contributed by atoms with Crippen LogP contribution in [-0.4, -0.2) is 36.1 Å². The summed E-state index contributed by atoms with van der Waals surface area (Å²) in [7, 11) is 0. The Bertz CT molecular complexity index is 944. The van der Waals surface area contributed by atoms with Gasteiger partial charge in [0, 0.05) is 38.4 Å². The minimum Gasteiger partial charge on any atom is -0.354 e. The number of fused-ring (bicyclic) bond motifs is 1. The summed E-state index contributed by atoms with van der Waals surface area (Å²) in [6.07, 6.45) is 4.84. The summed E-state index contributed by atoms with van der Waals surface area (Å²) in [6, 6.07) is 24.0. The lowest BCUT2D eigenvalue weighted by molar-refractivity contribution is 0.249. The molecule has 29 heavy (non-hydrogen) atoms. The number of anilines is 1. The maximum absolute atomic E-state index is 5.14. The van der Waals surface area contributed by atoms with Gasteiger partial charge in [0.15, 0.2) is 0 Å². The lowest BCUT2D eigenvalue weighted by atomic mass is 9.89. The van der Waals surface area contributed by atoms with Crippen LogP contribution in [-0.2, 0) is 19.4 Å². The van der Waals surface area contributed by atoms with E-state index in [9.17, 15) is 0 Å². The van der Waals surface area contributed by atoms with Crippen LogP contribution in [0, 0.1) is 0 Å². The molecule has 0 saturated carbocycles. The number of piperazine rings is 1. The standard InChI is InChI=1S/C26H29N3/c1-3-9-21(10-4-1)20-28-15-17-29(18-16-28)26-19-24(22-11-5-2-6-12-22)23-13-7-8-14-25(23)27-26/h1-6,9-12,19H,7-8,13-18,20H2. The molecule has 2 aliphatic rings. The van der Waals surface area contributed by atoms with Crippen molar-refractivity contribution in [2.45, 2.75) is 32.2 Å². The molecular weight excluding hydrogens is 354 g/mol. The van der Waals surface area contributed by atoms with Crippen LogP contribution in [0.25, 0.3) is 11.1 Å². The van der Waals surface area contributed by atoms with Crippen molar-refractivity contribution in [1.29, 1.82) is 0 Å². The number of hydrogen-bond acceptors (Lipinski definition) is 3. The van der Waals surface area contributed by atoms with Gasteiger partial charge in [-0.25, -0.2) is 4.98 Å². The fourth-order valence-electron chi connectivity index (χ4n) is 4.70. The lowest BCUT2D eigenvalue weighted by Crippen LogP contribution is -2.46. The average molecular weight is 384 g/mol. The molecule has 5 rings (SSSR count). The Hall–Kier alpha value is -2.65. The molecule has 148 valence electrons. The van der Waals surface area contributed by atoms with E-state index in [1.807, 2.05) is 0 Å². The summed E-state index contributed by atoms with van der Waals surface area (Å²) < 4.78 is 0. The van der Waals surface area contributed by atoms with Crippen molar-refractivity contribution in [3.8, 4) is 11.1 Å². The van der Waals surface area contributed by atoms with E-state index in [1.165, 1.54) is 46.6 Å². The van der Waals surface area contributed by atoms with Crippen molar-refractivity contribution >= 4 is 5.82 Å². The second kappa shape index (κ2) is 8.38. The summed E-state index contributed by atoms with van der Waals surface area (Å²) in [5.41, 5.74) is 6.95. The Morgan fingerprint density at radius 1 is 0.759 bits per heavy atom. The maximum Gasteiger partial charge on any atom is 0.129 e. The SMILES string of the molecule is c1ccc(CN2CCN(c3cc(-c4ccccc4)c4c(n3)CCCC4)CC2)cc1. The van der Waals surface area contributed by atoms with Crippen LogP contribution < -0.4 is 4.90 Å². The van der Waals surface area contributed by atoms with Gasteiger partial charge in [-0.2, -0.15) is 0 Å². The van der Waals surface area contributed by atoms with E-state index in [4.69, 9.17) is 4.98 Å². The highest BCUT2D eigenvalue weighted by Crippen LogP contribution is 2.34. The van der Waals surface area contributed by atoms with E-state index in [0.29, 0.717) is 0 Å². The van der Waals surface area contributed by atoms with E-state index in [2.05, 4.69) is 76.5 Å². The molecule has 0 atom stereocenters. The Kier molecular flexibility index (Phi) is 5.31. The van der Waals surface area contributed by atoms with Crippen LogP contribution in [0.15, 0.2) is 66.7 Å². The van der Waals surface area contributed by atoms with Crippen molar-refractivity contribution in [1.82, 2.24) is 9.88 Å². The molecule has 0 N–H and O–H groups in total. The maximum atomic E-state index is 5.14. The molecule has 1 aliphatic carbocycles. The zero-order chi connectivity index (χ0) is 19.5. The van der Waals surface area contributed by atoms with Crippen LogP contribution in [0.2, 0.25) is 0 Å². The third-order valence-corrected chi connectivity index (χ3v) is 6.32. The molecule has 2 aromatic carbocycles. The Labute approximate surface area is 174 Å². The van der Waals surface area contributed by atoms with E-state index >= 15 is 0 Å². The number of hydrogen-bond donors (Lipinski definition) is 0. The van der Waals surface area contributed by atoms with Gasteiger partial charge in [0.05, 0.1) is 0 Å². The van der Waals surface area contributed by atoms with Gasteiger partial charge < -0.3 is 4.90 Å². The molecule has 2 heterocycles. The van der Waals surface area contributed by atoms with Crippen LogP contribution in [0.4, 0.5) is 5.82 Å². The first-order chi connectivity index (χ1) is 14.4. The van der Waals surface area contributed by atoms with Crippen LogP contribution in [0.1, 0.15) is 29.7 Å². The fourth-order valence-corrected chi connectivity index (χ4v) is 4.70. The van der Waals surface area contributed by atoms with Crippen LogP contribution in [0.5, 0.6) is 0 Å². The summed E-state index contributed by atoms with van der Waals surface area (Å²) >= 11 is 0. The summed E-state index contributed by atoms with van der Waals surface area (Å²) in [6.45, 7) is 5.32. The topological polar surface area (TPSA) is 19.4 Å². The second-order valence-corrected chi connectivity index (χ2v) is 8.28. The Balaban J connectivity index is 1.36. The highest BCUT2D eigenvalue weighted by Gasteiger charge is 2.22. The van der Waals surface area contributed by atoms with Gasteiger partial charge >= 0.3 is 0 Å². The molecule has 0 unspecified atom stereocenters.